The number of hydrogen-bond donors (Lipinski definition) is 1. The summed E-state index contributed by atoms with van der Waals surface area (Å²) >= 11 is 0. The van der Waals surface area contributed by atoms with Gasteiger partial charge in [-0.2, -0.15) is 0 Å². The number of nitrogens with two attached hydrogens (primary N) is 1. The van der Waals surface area contributed by atoms with E-state index in [1.165, 1.54) is 16.7 Å². The van der Waals surface area contributed by atoms with Crippen LogP contribution in [0.4, 0.5) is 0 Å². The molecule has 0 saturated heterocycles. The maximum Gasteiger partial charge on any atom is 0.157 e. The van der Waals surface area contributed by atoms with Gasteiger partial charge in [-0.1, -0.05) is 141 Å². The number of hydrogen-bond acceptors (Lipinski definition) is 1. The zero-order valence-corrected chi connectivity index (χ0v) is 22.9. The molecule has 2 N–H and O–H groups in total. The third-order valence-corrected chi connectivity index (χ3v) is 6.25. The summed E-state index contributed by atoms with van der Waals surface area (Å²) in [4.78, 5) is 9.75. The Hall–Kier alpha value is -4.76. The third kappa shape index (κ3) is 7.39. The van der Waals surface area contributed by atoms with Gasteiger partial charge in [0, 0.05) is 11.1 Å². The SMILES string of the molecule is CC.Cc1ccc(C(N=C(N)c2cccc(-c3ccccc3)c2)=NCc2cccc(-c3ccccc3)c2)cc1. The molecule has 0 aliphatic carbocycles. The Morgan fingerprint density at radius 1 is 0.564 bits per heavy atom. The summed E-state index contributed by atoms with van der Waals surface area (Å²) in [6, 6.07) is 45.5. The molecule has 0 aliphatic heterocycles. The molecule has 0 radical (unpaired) electrons. The summed E-state index contributed by atoms with van der Waals surface area (Å²) in [7, 11) is 0. The first-order valence-corrected chi connectivity index (χ1v) is 13.4. The Balaban J connectivity index is 0.00000172. The highest BCUT2D eigenvalue weighted by molar-refractivity contribution is 6.11. The number of nitrogens with zero attached hydrogens (tertiary/aromatic N) is 2. The Morgan fingerprint density at radius 3 is 1.72 bits per heavy atom. The number of benzene rings is 5. The number of amidine groups is 2. The number of aliphatic imine (C=N–C) groups is 2. The van der Waals surface area contributed by atoms with Crippen molar-refractivity contribution in [1.29, 1.82) is 0 Å². The predicted molar refractivity (Wildman–Crippen MR) is 167 cm³/mol. The van der Waals surface area contributed by atoms with Crippen LogP contribution >= 0.6 is 0 Å². The molecule has 0 bridgehead atoms. The first kappa shape index (κ1) is 27.3. The van der Waals surface area contributed by atoms with E-state index in [2.05, 4.69) is 91.9 Å². The van der Waals surface area contributed by atoms with Crippen LogP contribution in [0.2, 0.25) is 0 Å². The normalized spacial score (nSPS) is 11.5. The van der Waals surface area contributed by atoms with Gasteiger partial charge in [0.1, 0.15) is 5.84 Å². The Kier molecular flexibility index (Phi) is 9.57. The monoisotopic (exact) mass is 509 g/mol. The summed E-state index contributed by atoms with van der Waals surface area (Å²) in [5.74, 6) is 1.06. The minimum atomic E-state index is 0.440. The van der Waals surface area contributed by atoms with Crippen molar-refractivity contribution >= 4 is 11.7 Å². The van der Waals surface area contributed by atoms with Gasteiger partial charge in [-0.15, -0.1) is 0 Å². The maximum atomic E-state index is 6.55. The van der Waals surface area contributed by atoms with Crippen LogP contribution in [0, 0.1) is 6.92 Å². The average Bonchev–Trinajstić information content (AvgIpc) is 3.02. The lowest BCUT2D eigenvalue weighted by Gasteiger charge is -2.08. The minimum Gasteiger partial charge on any atom is -0.383 e. The van der Waals surface area contributed by atoms with Crippen molar-refractivity contribution in [3.63, 3.8) is 0 Å². The van der Waals surface area contributed by atoms with E-state index >= 15 is 0 Å². The predicted octanol–water partition coefficient (Wildman–Crippen LogP) is 8.71. The van der Waals surface area contributed by atoms with Crippen LogP contribution in [-0.2, 0) is 6.54 Å². The number of rotatable bonds is 6. The molecule has 0 aromatic heterocycles. The zero-order chi connectivity index (χ0) is 27.5. The van der Waals surface area contributed by atoms with E-state index in [-0.39, 0.29) is 0 Å². The molecule has 0 atom stereocenters. The van der Waals surface area contributed by atoms with Crippen LogP contribution in [0.25, 0.3) is 22.3 Å². The smallest absolute Gasteiger partial charge is 0.157 e. The van der Waals surface area contributed by atoms with E-state index in [1.807, 2.05) is 62.4 Å². The van der Waals surface area contributed by atoms with Crippen molar-refractivity contribution in [2.24, 2.45) is 15.7 Å². The molecule has 0 fully saturated rings. The molecule has 0 heterocycles. The molecule has 0 saturated carbocycles. The van der Waals surface area contributed by atoms with Gasteiger partial charge >= 0.3 is 0 Å². The van der Waals surface area contributed by atoms with Crippen LogP contribution in [0.1, 0.15) is 36.1 Å². The molecule has 5 rings (SSSR count). The topological polar surface area (TPSA) is 50.7 Å². The summed E-state index contributed by atoms with van der Waals surface area (Å²) in [6.45, 7) is 6.58. The van der Waals surface area contributed by atoms with Gasteiger partial charge in [0.25, 0.3) is 0 Å². The van der Waals surface area contributed by atoms with Gasteiger partial charge in [0.15, 0.2) is 5.84 Å². The van der Waals surface area contributed by atoms with Crippen LogP contribution in [-0.4, -0.2) is 11.7 Å². The van der Waals surface area contributed by atoms with Crippen LogP contribution in [0.5, 0.6) is 0 Å². The molecular weight excluding hydrogens is 474 g/mol. The summed E-state index contributed by atoms with van der Waals surface area (Å²) in [6.07, 6.45) is 0. The largest absolute Gasteiger partial charge is 0.383 e. The van der Waals surface area contributed by atoms with Crippen molar-refractivity contribution < 1.29 is 0 Å². The fourth-order valence-electron chi connectivity index (χ4n) is 4.21. The average molecular weight is 510 g/mol. The lowest BCUT2D eigenvalue weighted by molar-refractivity contribution is 1.06. The third-order valence-electron chi connectivity index (χ3n) is 6.25. The molecule has 194 valence electrons. The first-order valence-electron chi connectivity index (χ1n) is 13.4. The summed E-state index contributed by atoms with van der Waals surface area (Å²) in [5, 5.41) is 0. The second kappa shape index (κ2) is 13.7. The van der Waals surface area contributed by atoms with E-state index in [9.17, 15) is 0 Å². The molecule has 0 spiro atoms. The van der Waals surface area contributed by atoms with E-state index in [0.717, 1.165) is 27.8 Å². The Bertz CT molecular complexity index is 1530. The van der Waals surface area contributed by atoms with Crippen LogP contribution in [0.15, 0.2) is 143 Å². The fourth-order valence-corrected chi connectivity index (χ4v) is 4.21. The maximum absolute atomic E-state index is 6.55. The van der Waals surface area contributed by atoms with Crippen molar-refractivity contribution in [1.82, 2.24) is 0 Å². The molecule has 39 heavy (non-hydrogen) atoms. The van der Waals surface area contributed by atoms with E-state index in [1.54, 1.807) is 0 Å². The fraction of sp³-hybridized carbons (Fsp3) is 0.111. The molecule has 5 aromatic rings. The van der Waals surface area contributed by atoms with Gasteiger partial charge in [-0.25, -0.2) is 4.99 Å². The molecule has 5 aromatic carbocycles. The summed E-state index contributed by atoms with van der Waals surface area (Å²) in [5.41, 5.74) is 15.3. The zero-order valence-electron chi connectivity index (χ0n) is 22.9. The highest BCUT2D eigenvalue weighted by atomic mass is 15.0. The Labute approximate surface area is 232 Å². The highest BCUT2D eigenvalue weighted by Gasteiger charge is 2.08. The lowest BCUT2D eigenvalue weighted by Crippen LogP contribution is -2.16. The van der Waals surface area contributed by atoms with Crippen molar-refractivity contribution in [3.8, 4) is 22.3 Å². The summed E-state index contributed by atoms with van der Waals surface area (Å²) < 4.78 is 0. The second-order valence-corrected chi connectivity index (χ2v) is 9.02. The quantitative estimate of drug-likeness (QED) is 0.181. The van der Waals surface area contributed by atoms with Crippen LogP contribution in [0.3, 0.4) is 0 Å². The second-order valence-electron chi connectivity index (χ2n) is 9.02. The van der Waals surface area contributed by atoms with Gasteiger partial charge in [0.2, 0.25) is 0 Å². The molecule has 0 amide bonds. The van der Waals surface area contributed by atoms with E-state index in [0.29, 0.717) is 18.2 Å². The van der Waals surface area contributed by atoms with Gasteiger partial charge in [-0.05, 0) is 46.9 Å². The standard InChI is InChI=1S/C34H29N3.C2H6/c1-25-18-20-29(21-19-25)34(36-24-26-10-8-15-30(22-26)27-11-4-2-5-12-27)37-33(35)32-17-9-16-31(23-32)28-13-6-3-7-14-28;1-2/h2-23H,24H2,1H3,(H2,35,36,37);1-2H3. The number of aryl methyl sites for hydroxylation is 1. The van der Waals surface area contributed by atoms with Gasteiger partial charge < -0.3 is 5.73 Å². The van der Waals surface area contributed by atoms with E-state index < -0.39 is 0 Å². The highest BCUT2D eigenvalue weighted by Crippen LogP contribution is 2.22. The lowest BCUT2D eigenvalue weighted by atomic mass is 10.0. The van der Waals surface area contributed by atoms with Crippen LogP contribution < -0.4 is 5.73 Å². The molecule has 3 nitrogen and oxygen atoms in total. The van der Waals surface area contributed by atoms with Gasteiger partial charge in [0.05, 0.1) is 6.54 Å². The molecule has 0 aliphatic rings. The Morgan fingerprint density at radius 2 is 1.10 bits per heavy atom. The van der Waals surface area contributed by atoms with Crippen molar-refractivity contribution in [2.75, 3.05) is 0 Å². The van der Waals surface area contributed by atoms with Crippen molar-refractivity contribution in [3.05, 3.63) is 156 Å². The first-order chi connectivity index (χ1) is 19.2. The molecule has 0 unspecified atom stereocenters. The minimum absolute atomic E-state index is 0.440. The van der Waals surface area contributed by atoms with Crippen molar-refractivity contribution in [2.45, 2.75) is 27.3 Å². The van der Waals surface area contributed by atoms with Gasteiger partial charge in [-0.3, -0.25) is 4.99 Å². The van der Waals surface area contributed by atoms with E-state index in [4.69, 9.17) is 15.7 Å². The molecular formula is C36H35N3. The molecule has 3 heteroatoms.